The summed E-state index contributed by atoms with van der Waals surface area (Å²) in [4.78, 5) is 14.6. The van der Waals surface area contributed by atoms with Crippen LogP contribution in [0, 0.1) is 6.92 Å². The molecule has 1 saturated heterocycles. The lowest BCUT2D eigenvalue weighted by Crippen LogP contribution is -2.43. The van der Waals surface area contributed by atoms with E-state index in [1.807, 2.05) is 18.2 Å². The van der Waals surface area contributed by atoms with Gasteiger partial charge in [0.05, 0.1) is 11.1 Å². The number of carbonyl (C=O) groups is 1. The number of halogens is 4. The number of fused-ring (bicyclic) bond motifs is 1. The molecule has 156 valence electrons. The van der Waals surface area contributed by atoms with Crippen LogP contribution in [0.5, 0.6) is 0 Å². The summed E-state index contributed by atoms with van der Waals surface area (Å²) < 4.78 is 44.1. The number of nitrogens with zero attached hydrogens (tertiary/aromatic N) is 1. The van der Waals surface area contributed by atoms with E-state index in [2.05, 4.69) is 10.2 Å². The van der Waals surface area contributed by atoms with Crippen molar-refractivity contribution in [2.45, 2.75) is 25.6 Å². The molecule has 1 N–H and O–H groups in total. The summed E-state index contributed by atoms with van der Waals surface area (Å²) in [6, 6.07) is 9.44. The number of rotatable bonds is 3. The first-order chi connectivity index (χ1) is 13.3. The van der Waals surface area contributed by atoms with Gasteiger partial charge in [0, 0.05) is 43.9 Å². The van der Waals surface area contributed by atoms with Crippen LogP contribution in [0.2, 0.25) is 0 Å². The summed E-state index contributed by atoms with van der Waals surface area (Å²) in [6.45, 7) is 5.20. The Morgan fingerprint density at radius 2 is 1.86 bits per heavy atom. The molecule has 0 amide bonds. The van der Waals surface area contributed by atoms with Crippen LogP contribution < -0.4 is 10.2 Å². The maximum atomic E-state index is 12.9. The maximum absolute atomic E-state index is 12.9. The third-order valence-electron chi connectivity index (χ3n) is 5.41. The first-order valence-electron chi connectivity index (χ1n) is 9.30. The Kier molecular flexibility index (Phi) is 6.10. The highest BCUT2D eigenvalue weighted by molar-refractivity contribution is 5.95. The highest BCUT2D eigenvalue weighted by Gasteiger charge is 2.33. The number of nitrogens with one attached hydrogen (secondary N) is 1. The summed E-state index contributed by atoms with van der Waals surface area (Å²) in [7, 11) is 0. The number of anilines is 1. The average molecular weight is 427 g/mol. The normalized spacial score (nSPS) is 18.8. The van der Waals surface area contributed by atoms with Crippen molar-refractivity contribution in [3.8, 4) is 0 Å². The fraction of sp³-hybridized carbons (Fsp3) is 0.381. The number of benzene rings is 2. The van der Waals surface area contributed by atoms with Crippen molar-refractivity contribution in [2.75, 3.05) is 31.1 Å². The van der Waals surface area contributed by atoms with Crippen molar-refractivity contribution in [1.82, 2.24) is 5.32 Å². The monoisotopic (exact) mass is 426 g/mol. The molecule has 0 aliphatic carbocycles. The maximum Gasteiger partial charge on any atom is 0.416 e. The Labute approximate surface area is 173 Å². The van der Waals surface area contributed by atoms with Crippen LogP contribution in [-0.4, -0.2) is 32.1 Å². The van der Waals surface area contributed by atoms with Crippen LogP contribution in [0.1, 0.15) is 38.7 Å². The minimum Gasteiger partial charge on any atom is -0.454 e. The van der Waals surface area contributed by atoms with Gasteiger partial charge < -0.3 is 15.0 Å². The number of hydrogen-bond donors (Lipinski definition) is 1. The number of hydrogen-bond acceptors (Lipinski definition) is 4. The zero-order valence-electron chi connectivity index (χ0n) is 15.9. The molecule has 4 rings (SSSR count). The molecule has 2 heterocycles. The van der Waals surface area contributed by atoms with Crippen LogP contribution in [-0.2, 0) is 17.3 Å². The number of cyclic esters (lactones) is 1. The summed E-state index contributed by atoms with van der Waals surface area (Å²) in [6.07, 6.45) is -4.48. The van der Waals surface area contributed by atoms with Gasteiger partial charge in [-0.15, -0.1) is 12.4 Å². The van der Waals surface area contributed by atoms with E-state index >= 15 is 0 Å². The molecule has 2 aromatic rings. The summed E-state index contributed by atoms with van der Waals surface area (Å²) in [5.74, 6) is -0.374. The standard InChI is InChI=1S/C21H21F3N2O2.ClH/c1-13-10-15(21(22,23)24)3-2-14(13)11-19-17-5-4-16(12-18(17)20(27)28-19)26-8-6-25-7-9-26;/h2-5,10,12,19,25H,6-9,11H2,1H3;1H. The van der Waals surface area contributed by atoms with E-state index in [0.717, 1.165) is 55.1 Å². The zero-order chi connectivity index (χ0) is 19.9. The van der Waals surface area contributed by atoms with Gasteiger partial charge >= 0.3 is 12.1 Å². The van der Waals surface area contributed by atoms with E-state index in [-0.39, 0.29) is 18.4 Å². The van der Waals surface area contributed by atoms with Crippen LogP contribution in [0.3, 0.4) is 0 Å². The van der Waals surface area contributed by atoms with Crippen molar-refractivity contribution in [1.29, 1.82) is 0 Å². The van der Waals surface area contributed by atoms with Gasteiger partial charge in [-0.25, -0.2) is 4.79 Å². The van der Waals surface area contributed by atoms with Gasteiger partial charge in [-0.3, -0.25) is 0 Å². The van der Waals surface area contributed by atoms with Crippen LogP contribution in [0.15, 0.2) is 36.4 Å². The molecule has 29 heavy (non-hydrogen) atoms. The third-order valence-corrected chi connectivity index (χ3v) is 5.41. The van der Waals surface area contributed by atoms with E-state index in [1.54, 1.807) is 6.92 Å². The van der Waals surface area contributed by atoms with E-state index in [1.165, 1.54) is 6.07 Å². The van der Waals surface area contributed by atoms with Gasteiger partial charge in [-0.2, -0.15) is 13.2 Å². The molecule has 2 aliphatic rings. The van der Waals surface area contributed by atoms with Crippen molar-refractivity contribution in [3.63, 3.8) is 0 Å². The van der Waals surface area contributed by atoms with Gasteiger partial charge in [0.25, 0.3) is 0 Å². The fourth-order valence-corrected chi connectivity index (χ4v) is 3.83. The molecule has 0 aromatic heterocycles. The van der Waals surface area contributed by atoms with E-state index in [0.29, 0.717) is 17.5 Å². The zero-order valence-corrected chi connectivity index (χ0v) is 16.7. The second-order valence-corrected chi connectivity index (χ2v) is 7.25. The lowest BCUT2D eigenvalue weighted by molar-refractivity contribution is -0.137. The molecule has 8 heteroatoms. The summed E-state index contributed by atoms with van der Waals surface area (Å²) >= 11 is 0. The molecule has 1 unspecified atom stereocenters. The Morgan fingerprint density at radius 3 is 2.52 bits per heavy atom. The molecule has 0 radical (unpaired) electrons. The number of aryl methyl sites for hydroxylation is 1. The number of piperazine rings is 1. The smallest absolute Gasteiger partial charge is 0.416 e. The number of ether oxygens (including phenoxy) is 1. The topological polar surface area (TPSA) is 41.6 Å². The minimum atomic E-state index is -4.36. The van der Waals surface area contributed by atoms with Crippen molar-refractivity contribution >= 4 is 24.1 Å². The molecule has 0 bridgehead atoms. The predicted molar refractivity (Wildman–Crippen MR) is 107 cm³/mol. The predicted octanol–water partition coefficient (Wildman–Crippen LogP) is 4.30. The van der Waals surface area contributed by atoms with Gasteiger partial charge in [-0.05, 0) is 42.3 Å². The highest BCUT2D eigenvalue weighted by atomic mass is 35.5. The van der Waals surface area contributed by atoms with Gasteiger partial charge in [0.15, 0.2) is 0 Å². The molecule has 4 nitrogen and oxygen atoms in total. The second-order valence-electron chi connectivity index (χ2n) is 7.25. The average Bonchev–Trinajstić information content (AvgIpc) is 2.98. The number of alkyl halides is 3. The Balaban J connectivity index is 0.00000240. The van der Waals surface area contributed by atoms with Crippen molar-refractivity contribution < 1.29 is 22.7 Å². The SMILES string of the molecule is Cc1cc(C(F)(F)F)ccc1CC1OC(=O)c2cc(N3CCNCC3)ccc21.Cl. The van der Waals surface area contributed by atoms with E-state index in [9.17, 15) is 18.0 Å². The molecule has 1 fully saturated rings. The molecular weight excluding hydrogens is 405 g/mol. The quantitative estimate of drug-likeness (QED) is 0.743. The van der Waals surface area contributed by atoms with Gasteiger partial charge in [-0.1, -0.05) is 12.1 Å². The largest absolute Gasteiger partial charge is 0.454 e. The van der Waals surface area contributed by atoms with E-state index < -0.39 is 17.8 Å². The minimum absolute atomic E-state index is 0. The Bertz CT molecular complexity index is 911. The molecule has 2 aromatic carbocycles. The molecule has 1 atom stereocenters. The second kappa shape index (κ2) is 8.24. The Morgan fingerprint density at radius 1 is 1.14 bits per heavy atom. The Hall–Kier alpha value is -2.25. The lowest BCUT2D eigenvalue weighted by atomic mass is 9.95. The van der Waals surface area contributed by atoms with Gasteiger partial charge in [0.1, 0.15) is 6.10 Å². The van der Waals surface area contributed by atoms with Gasteiger partial charge in [0.2, 0.25) is 0 Å². The molecule has 0 saturated carbocycles. The molecule has 2 aliphatic heterocycles. The molecular formula is C21H22ClF3N2O2. The fourth-order valence-electron chi connectivity index (χ4n) is 3.83. The summed E-state index contributed by atoms with van der Waals surface area (Å²) in [5, 5.41) is 3.29. The third kappa shape index (κ3) is 4.36. The van der Waals surface area contributed by atoms with Crippen molar-refractivity contribution in [2.24, 2.45) is 0 Å². The highest BCUT2D eigenvalue weighted by Crippen LogP contribution is 2.37. The number of carbonyl (C=O) groups excluding carboxylic acids is 1. The lowest BCUT2D eigenvalue weighted by Gasteiger charge is -2.29. The number of esters is 1. The van der Waals surface area contributed by atoms with Crippen LogP contribution in [0.4, 0.5) is 18.9 Å². The first-order valence-corrected chi connectivity index (χ1v) is 9.30. The molecule has 0 spiro atoms. The van der Waals surface area contributed by atoms with E-state index in [4.69, 9.17) is 4.74 Å². The van der Waals surface area contributed by atoms with Crippen LogP contribution in [0.25, 0.3) is 0 Å². The van der Waals surface area contributed by atoms with Crippen molar-refractivity contribution in [3.05, 3.63) is 64.2 Å². The first kappa shape index (κ1) is 21.5. The summed E-state index contributed by atoms with van der Waals surface area (Å²) in [5.41, 5.74) is 2.94. The van der Waals surface area contributed by atoms with Crippen LogP contribution >= 0.6 is 12.4 Å².